The first-order chi connectivity index (χ1) is 13.4. The highest BCUT2D eigenvalue weighted by Crippen LogP contribution is 2.48. The fourth-order valence-corrected chi connectivity index (χ4v) is 4.79. The van der Waals surface area contributed by atoms with Crippen molar-refractivity contribution in [2.45, 2.75) is 56.7 Å². The van der Waals surface area contributed by atoms with E-state index < -0.39 is 0 Å². The fraction of sp³-hybridized carbons (Fsp3) is 0.476. The molecule has 0 saturated carbocycles. The Balaban J connectivity index is 1.28. The van der Waals surface area contributed by atoms with Crippen molar-refractivity contribution in [2.24, 2.45) is 0 Å². The molecular weight excluding hydrogens is 338 g/mol. The van der Waals surface area contributed by atoms with Crippen molar-refractivity contribution in [1.29, 1.82) is 0 Å². The zero-order chi connectivity index (χ0) is 18.1. The Morgan fingerprint density at radius 2 is 2.07 bits per heavy atom. The molecule has 0 amide bonds. The van der Waals surface area contributed by atoms with Gasteiger partial charge in [-0.1, -0.05) is 35.5 Å². The summed E-state index contributed by atoms with van der Waals surface area (Å²) in [6, 6.07) is 13.8. The first-order valence-electron chi connectivity index (χ1n) is 9.99. The maximum atomic E-state index is 5.58. The summed E-state index contributed by atoms with van der Waals surface area (Å²) in [5.41, 5.74) is 1.41. The molecule has 140 valence electrons. The van der Waals surface area contributed by atoms with Gasteiger partial charge in [0.1, 0.15) is 0 Å². The third-order valence-corrected chi connectivity index (χ3v) is 6.02. The van der Waals surface area contributed by atoms with Crippen LogP contribution in [0, 0.1) is 0 Å². The second-order valence-electron chi connectivity index (χ2n) is 7.64. The molecule has 0 unspecified atom stereocenters. The summed E-state index contributed by atoms with van der Waals surface area (Å²) in [5.74, 6) is 2.03. The van der Waals surface area contributed by atoms with Gasteiger partial charge < -0.3 is 4.52 Å². The molecule has 4 heterocycles. The number of aryl methyl sites for hydroxylation is 2. The summed E-state index contributed by atoms with van der Waals surface area (Å²) in [6.45, 7) is 2.05. The Hall–Kier alpha value is -2.47. The van der Waals surface area contributed by atoms with Crippen LogP contribution < -0.4 is 0 Å². The molecule has 6 heteroatoms. The lowest BCUT2D eigenvalue weighted by Gasteiger charge is -2.24. The third kappa shape index (κ3) is 3.30. The molecule has 2 aliphatic heterocycles. The van der Waals surface area contributed by atoms with Crippen LogP contribution in [0.15, 0.2) is 53.3 Å². The zero-order valence-corrected chi connectivity index (χ0v) is 15.4. The molecule has 0 aliphatic carbocycles. The van der Waals surface area contributed by atoms with Crippen LogP contribution in [0.5, 0.6) is 0 Å². The molecule has 0 bridgehead atoms. The van der Waals surface area contributed by atoms with Gasteiger partial charge in [0.2, 0.25) is 5.89 Å². The van der Waals surface area contributed by atoms with Crippen molar-refractivity contribution in [1.82, 2.24) is 24.8 Å². The highest BCUT2D eigenvalue weighted by molar-refractivity contribution is 5.24. The Bertz CT molecular complexity index is 860. The average molecular weight is 363 g/mol. The summed E-state index contributed by atoms with van der Waals surface area (Å²) >= 11 is 0. The standard InChI is InChI=1S/C21H25N5O/c1-2-7-16(8-3-1)19-15-17(18-9-4-14-26(18)19)21-23-20(27-24-21)10-5-12-25-13-6-11-22-25/h1-3,6-8,11,13,17-19H,4-5,9-10,12,14-15H2/t17-,18+,19-/m0/s1. The summed E-state index contributed by atoms with van der Waals surface area (Å²) < 4.78 is 7.52. The molecule has 0 radical (unpaired) electrons. The van der Waals surface area contributed by atoms with E-state index in [9.17, 15) is 0 Å². The lowest BCUT2D eigenvalue weighted by Crippen LogP contribution is -2.27. The first-order valence-corrected chi connectivity index (χ1v) is 9.99. The maximum absolute atomic E-state index is 5.58. The van der Waals surface area contributed by atoms with Gasteiger partial charge in [-0.05, 0) is 43.9 Å². The summed E-state index contributed by atoms with van der Waals surface area (Å²) in [6.07, 6.45) is 9.13. The molecule has 3 atom stereocenters. The summed E-state index contributed by atoms with van der Waals surface area (Å²) in [7, 11) is 0. The van der Waals surface area contributed by atoms with Crippen molar-refractivity contribution in [3.05, 3.63) is 66.1 Å². The number of aromatic nitrogens is 4. The lowest BCUT2D eigenvalue weighted by atomic mass is 9.94. The van der Waals surface area contributed by atoms with E-state index in [1.54, 1.807) is 6.20 Å². The minimum Gasteiger partial charge on any atom is -0.339 e. The van der Waals surface area contributed by atoms with Gasteiger partial charge in [-0.15, -0.1) is 0 Å². The van der Waals surface area contributed by atoms with E-state index in [4.69, 9.17) is 9.51 Å². The molecule has 5 rings (SSSR count). The number of fused-ring (bicyclic) bond motifs is 1. The smallest absolute Gasteiger partial charge is 0.226 e. The zero-order valence-electron chi connectivity index (χ0n) is 15.4. The van der Waals surface area contributed by atoms with Crippen LogP contribution in [0.4, 0.5) is 0 Å². The normalized spacial score (nSPS) is 25.1. The monoisotopic (exact) mass is 363 g/mol. The van der Waals surface area contributed by atoms with Crippen LogP contribution in [-0.4, -0.2) is 37.4 Å². The van der Waals surface area contributed by atoms with Crippen molar-refractivity contribution in [3.63, 3.8) is 0 Å². The number of rotatable bonds is 6. The summed E-state index contributed by atoms with van der Waals surface area (Å²) in [5, 5.41) is 8.60. The largest absolute Gasteiger partial charge is 0.339 e. The molecule has 2 aliphatic rings. The Morgan fingerprint density at radius 1 is 1.15 bits per heavy atom. The Labute approximate surface area is 159 Å². The quantitative estimate of drug-likeness (QED) is 0.670. The molecule has 27 heavy (non-hydrogen) atoms. The second kappa shape index (κ2) is 7.27. The van der Waals surface area contributed by atoms with Crippen molar-refractivity contribution in [2.75, 3.05) is 6.54 Å². The molecule has 0 spiro atoms. The minimum atomic E-state index is 0.376. The molecular formula is C21H25N5O. The number of nitrogens with zero attached hydrogens (tertiary/aromatic N) is 5. The van der Waals surface area contributed by atoms with Crippen LogP contribution in [0.1, 0.15) is 54.9 Å². The maximum Gasteiger partial charge on any atom is 0.226 e. The van der Waals surface area contributed by atoms with Gasteiger partial charge in [-0.3, -0.25) is 9.58 Å². The number of benzene rings is 1. The molecule has 1 aromatic carbocycles. The van der Waals surface area contributed by atoms with E-state index in [0.717, 1.165) is 37.5 Å². The van der Waals surface area contributed by atoms with Gasteiger partial charge in [0.25, 0.3) is 0 Å². The Morgan fingerprint density at radius 3 is 2.93 bits per heavy atom. The van der Waals surface area contributed by atoms with Crippen LogP contribution in [0.25, 0.3) is 0 Å². The minimum absolute atomic E-state index is 0.376. The molecule has 2 aromatic heterocycles. The van der Waals surface area contributed by atoms with E-state index in [0.29, 0.717) is 18.0 Å². The van der Waals surface area contributed by atoms with Crippen molar-refractivity contribution in [3.8, 4) is 0 Å². The predicted octanol–water partition coefficient (Wildman–Crippen LogP) is 3.59. The summed E-state index contributed by atoms with van der Waals surface area (Å²) in [4.78, 5) is 7.43. The van der Waals surface area contributed by atoms with Crippen LogP contribution in [0.3, 0.4) is 0 Å². The van der Waals surface area contributed by atoms with Crippen LogP contribution >= 0.6 is 0 Å². The molecule has 2 saturated heterocycles. The van der Waals surface area contributed by atoms with Crippen LogP contribution in [0.2, 0.25) is 0 Å². The predicted molar refractivity (Wildman–Crippen MR) is 101 cm³/mol. The molecule has 3 aromatic rings. The highest BCUT2D eigenvalue weighted by atomic mass is 16.5. The number of hydrogen-bond acceptors (Lipinski definition) is 5. The third-order valence-electron chi connectivity index (χ3n) is 6.02. The fourth-order valence-electron chi connectivity index (χ4n) is 4.79. The van der Waals surface area contributed by atoms with E-state index in [2.05, 4.69) is 45.5 Å². The lowest BCUT2D eigenvalue weighted by molar-refractivity contribution is 0.243. The average Bonchev–Trinajstić information content (AvgIpc) is 3.47. The SMILES string of the molecule is c1ccc([C@@H]2C[C@H](c3noc(CCCn4cccn4)n3)[C@H]3CCCN32)cc1. The van der Waals surface area contributed by atoms with Gasteiger partial charge in [0.05, 0.1) is 0 Å². The van der Waals surface area contributed by atoms with E-state index in [1.165, 1.54) is 24.9 Å². The van der Waals surface area contributed by atoms with Gasteiger partial charge in [0, 0.05) is 43.4 Å². The van der Waals surface area contributed by atoms with Gasteiger partial charge in [-0.2, -0.15) is 10.1 Å². The number of hydrogen-bond donors (Lipinski definition) is 0. The van der Waals surface area contributed by atoms with Crippen molar-refractivity contribution >= 4 is 0 Å². The molecule has 6 nitrogen and oxygen atoms in total. The molecule has 0 N–H and O–H groups in total. The second-order valence-corrected chi connectivity index (χ2v) is 7.64. The van der Waals surface area contributed by atoms with Gasteiger partial charge >= 0.3 is 0 Å². The van der Waals surface area contributed by atoms with Crippen LogP contribution in [-0.2, 0) is 13.0 Å². The molecule has 2 fully saturated rings. The van der Waals surface area contributed by atoms with Crippen molar-refractivity contribution < 1.29 is 4.52 Å². The van der Waals surface area contributed by atoms with Gasteiger partial charge in [-0.25, -0.2) is 0 Å². The van der Waals surface area contributed by atoms with E-state index in [1.807, 2.05) is 16.9 Å². The topological polar surface area (TPSA) is 60.0 Å². The first kappa shape index (κ1) is 16.7. The van der Waals surface area contributed by atoms with Gasteiger partial charge in [0.15, 0.2) is 5.82 Å². The van der Waals surface area contributed by atoms with E-state index in [-0.39, 0.29) is 0 Å². The Kier molecular flexibility index (Phi) is 4.49. The highest BCUT2D eigenvalue weighted by Gasteiger charge is 2.46. The van der Waals surface area contributed by atoms with E-state index >= 15 is 0 Å².